The fourth-order valence-corrected chi connectivity index (χ4v) is 7.28. The average molecular weight is 629 g/mol. The fourth-order valence-electron chi connectivity index (χ4n) is 5.85. The molecule has 0 atom stereocenters. The van der Waals surface area contributed by atoms with Crippen LogP contribution in [0.15, 0.2) is 108 Å². The second-order valence-corrected chi connectivity index (χ2v) is 13.3. The van der Waals surface area contributed by atoms with E-state index in [1.165, 1.54) is 0 Å². The van der Waals surface area contributed by atoms with E-state index in [4.69, 9.17) is 22.1 Å². The number of nitrogens with two attached hydrogens (primary N) is 1. The van der Waals surface area contributed by atoms with Gasteiger partial charge < -0.3 is 15.0 Å². The van der Waals surface area contributed by atoms with Gasteiger partial charge in [0.05, 0.1) is 23.3 Å². The molecule has 0 spiro atoms. The highest BCUT2D eigenvalue weighted by molar-refractivity contribution is 7.91. The first-order valence-corrected chi connectivity index (χ1v) is 16.9. The number of hydrogen-bond acceptors (Lipinski definition) is 5. The third kappa shape index (κ3) is 7.07. The number of halogens is 1. The van der Waals surface area contributed by atoms with Gasteiger partial charge >= 0.3 is 5.97 Å². The van der Waals surface area contributed by atoms with Crippen LogP contribution in [-0.2, 0) is 38.6 Å². The minimum absolute atomic E-state index is 0.0697. The third-order valence-electron chi connectivity index (χ3n) is 7.88. The Balaban J connectivity index is 1.52. The Morgan fingerprint density at radius 3 is 2.09 bits per heavy atom. The number of aromatic nitrogens is 1. The molecule has 0 bridgehead atoms. The molecular formula is C36H37ClN2O4S. The van der Waals surface area contributed by atoms with Gasteiger partial charge in [-0.3, -0.25) is 4.79 Å². The van der Waals surface area contributed by atoms with Gasteiger partial charge in [-0.15, -0.1) is 0 Å². The van der Waals surface area contributed by atoms with Crippen molar-refractivity contribution < 1.29 is 17.9 Å². The van der Waals surface area contributed by atoms with Crippen LogP contribution in [0.3, 0.4) is 0 Å². The molecule has 8 heteroatoms. The standard InChI is InChI=1S/C36H37ClN2O4S/c1-2-43-35(40)20-15-26-13-17-30(18-14-26)44(41,42)24-22-31-32-25-29(37)16-19-33(32)39(34(31)21-23-38)36(27-9-5-3-6-10-27)28-11-7-4-8-12-28/h3-14,16-19,25,36H,2,15,20-24,38H2,1H3. The minimum Gasteiger partial charge on any atom is -0.466 e. The molecule has 44 heavy (non-hydrogen) atoms. The average Bonchev–Trinajstić information content (AvgIpc) is 3.32. The normalized spacial score (nSPS) is 11.7. The lowest BCUT2D eigenvalue weighted by Gasteiger charge is -2.25. The number of fused-ring (bicyclic) bond motifs is 1. The number of carbonyl (C=O) groups is 1. The van der Waals surface area contributed by atoms with Crippen molar-refractivity contribution in [3.05, 3.63) is 136 Å². The minimum atomic E-state index is -3.61. The van der Waals surface area contributed by atoms with Gasteiger partial charge in [0.2, 0.25) is 0 Å². The maximum atomic E-state index is 13.6. The summed E-state index contributed by atoms with van der Waals surface area (Å²) < 4.78 is 34.5. The van der Waals surface area contributed by atoms with Gasteiger partial charge in [-0.2, -0.15) is 0 Å². The van der Waals surface area contributed by atoms with Gasteiger partial charge in [-0.25, -0.2) is 8.42 Å². The van der Waals surface area contributed by atoms with Crippen LogP contribution in [0.1, 0.15) is 47.3 Å². The molecule has 4 aromatic carbocycles. The van der Waals surface area contributed by atoms with Crippen LogP contribution < -0.4 is 5.73 Å². The first kappa shape index (κ1) is 31.5. The van der Waals surface area contributed by atoms with Crippen molar-refractivity contribution in [2.75, 3.05) is 18.9 Å². The monoisotopic (exact) mass is 628 g/mol. The van der Waals surface area contributed by atoms with Crippen LogP contribution in [-0.4, -0.2) is 37.9 Å². The van der Waals surface area contributed by atoms with Crippen molar-refractivity contribution in [3.8, 4) is 0 Å². The predicted octanol–water partition coefficient (Wildman–Crippen LogP) is 6.95. The second-order valence-electron chi connectivity index (χ2n) is 10.7. The Morgan fingerprint density at radius 2 is 1.50 bits per heavy atom. The molecule has 0 aliphatic heterocycles. The summed E-state index contributed by atoms with van der Waals surface area (Å²) in [4.78, 5) is 12.0. The first-order valence-electron chi connectivity index (χ1n) is 14.9. The van der Waals surface area contributed by atoms with E-state index in [1.54, 1.807) is 31.2 Å². The molecular weight excluding hydrogens is 592 g/mol. The summed E-state index contributed by atoms with van der Waals surface area (Å²) in [5.41, 5.74) is 12.2. The van der Waals surface area contributed by atoms with Gasteiger partial charge in [0.15, 0.2) is 9.84 Å². The maximum Gasteiger partial charge on any atom is 0.306 e. The smallest absolute Gasteiger partial charge is 0.306 e. The van der Waals surface area contributed by atoms with Crippen LogP contribution in [0.4, 0.5) is 0 Å². The summed E-state index contributed by atoms with van der Waals surface area (Å²) in [5.74, 6) is -0.335. The van der Waals surface area contributed by atoms with Gasteiger partial charge in [0, 0.05) is 34.5 Å². The molecule has 0 radical (unpaired) electrons. The predicted molar refractivity (Wildman–Crippen MR) is 177 cm³/mol. The third-order valence-corrected chi connectivity index (χ3v) is 9.85. The number of nitrogens with zero attached hydrogens (tertiary/aromatic N) is 1. The number of carbonyl (C=O) groups excluding carboxylic acids is 1. The summed E-state index contributed by atoms with van der Waals surface area (Å²) in [6.45, 7) is 2.52. The molecule has 0 fully saturated rings. The summed E-state index contributed by atoms with van der Waals surface area (Å²) in [5, 5.41) is 1.52. The molecule has 0 aliphatic rings. The fraction of sp³-hybridized carbons (Fsp3) is 0.250. The SMILES string of the molecule is CCOC(=O)CCc1ccc(S(=O)(=O)CCc2c(CCN)n(C(c3ccccc3)c3ccccc3)c3ccc(Cl)cc23)cc1. The van der Waals surface area contributed by atoms with Crippen LogP contribution in [0, 0.1) is 0 Å². The van der Waals surface area contributed by atoms with E-state index in [1.807, 2.05) is 54.6 Å². The number of hydrogen-bond donors (Lipinski definition) is 1. The van der Waals surface area contributed by atoms with E-state index < -0.39 is 9.84 Å². The summed E-state index contributed by atoms with van der Waals surface area (Å²) in [6.07, 6.45) is 1.63. The first-order chi connectivity index (χ1) is 21.3. The molecule has 1 heterocycles. The lowest BCUT2D eigenvalue weighted by Crippen LogP contribution is -2.18. The van der Waals surface area contributed by atoms with Crippen molar-refractivity contribution in [3.63, 3.8) is 0 Å². The maximum absolute atomic E-state index is 13.6. The van der Waals surface area contributed by atoms with E-state index in [0.29, 0.717) is 37.4 Å². The molecule has 0 amide bonds. The molecule has 5 aromatic rings. The topological polar surface area (TPSA) is 91.4 Å². The van der Waals surface area contributed by atoms with Crippen molar-refractivity contribution >= 4 is 38.3 Å². The molecule has 0 saturated heterocycles. The van der Waals surface area contributed by atoms with E-state index >= 15 is 0 Å². The van der Waals surface area contributed by atoms with E-state index in [2.05, 4.69) is 28.8 Å². The lowest BCUT2D eigenvalue weighted by molar-refractivity contribution is -0.143. The molecule has 1 aromatic heterocycles. The van der Waals surface area contributed by atoms with E-state index in [0.717, 1.165) is 38.9 Å². The van der Waals surface area contributed by atoms with Gasteiger partial charge in [-0.05, 0) is 78.9 Å². The zero-order valence-corrected chi connectivity index (χ0v) is 26.4. The highest BCUT2D eigenvalue weighted by atomic mass is 35.5. The zero-order valence-electron chi connectivity index (χ0n) is 24.8. The highest BCUT2D eigenvalue weighted by Gasteiger charge is 2.26. The van der Waals surface area contributed by atoms with Crippen LogP contribution >= 0.6 is 11.6 Å². The van der Waals surface area contributed by atoms with Crippen LogP contribution in [0.2, 0.25) is 5.02 Å². The lowest BCUT2D eigenvalue weighted by atomic mass is 9.97. The van der Waals surface area contributed by atoms with Crippen molar-refractivity contribution in [2.45, 2.75) is 43.5 Å². The summed E-state index contributed by atoms with van der Waals surface area (Å²) in [6, 6.07) is 33.1. The number of ether oxygens (including phenoxy) is 1. The van der Waals surface area contributed by atoms with Gasteiger partial charge in [0.25, 0.3) is 0 Å². The number of benzene rings is 4. The Morgan fingerprint density at radius 1 is 0.864 bits per heavy atom. The van der Waals surface area contributed by atoms with Crippen molar-refractivity contribution in [1.29, 1.82) is 0 Å². The Hall–Kier alpha value is -3.91. The van der Waals surface area contributed by atoms with Gasteiger partial charge in [-0.1, -0.05) is 84.4 Å². The second kappa shape index (κ2) is 14.2. The summed E-state index contributed by atoms with van der Waals surface area (Å²) in [7, 11) is -3.61. The zero-order chi connectivity index (χ0) is 31.1. The van der Waals surface area contributed by atoms with E-state index in [-0.39, 0.29) is 29.1 Å². The Labute approximate surface area is 264 Å². The van der Waals surface area contributed by atoms with Crippen molar-refractivity contribution in [2.24, 2.45) is 5.73 Å². The Kier molecular flexibility index (Phi) is 10.2. The van der Waals surface area contributed by atoms with Crippen molar-refractivity contribution in [1.82, 2.24) is 4.57 Å². The van der Waals surface area contributed by atoms with Crippen LogP contribution in [0.25, 0.3) is 10.9 Å². The quantitative estimate of drug-likeness (QED) is 0.143. The molecule has 0 saturated carbocycles. The number of aryl methyl sites for hydroxylation is 2. The highest BCUT2D eigenvalue weighted by Crippen LogP contribution is 2.38. The molecule has 228 valence electrons. The molecule has 6 nitrogen and oxygen atoms in total. The molecule has 2 N–H and O–H groups in total. The number of sulfone groups is 1. The molecule has 0 aliphatic carbocycles. The molecule has 5 rings (SSSR count). The summed E-state index contributed by atoms with van der Waals surface area (Å²) >= 11 is 6.53. The van der Waals surface area contributed by atoms with Crippen LogP contribution in [0.5, 0.6) is 0 Å². The number of rotatable bonds is 13. The van der Waals surface area contributed by atoms with E-state index in [9.17, 15) is 13.2 Å². The number of esters is 1. The molecule has 0 unspecified atom stereocenters. The largest absolute Gasteiger partial charge is 0.466 e. The van der Waals surface area contributed by atoms with Gasteiger partial charge in [0.1, 0.15) is 0 Å². The Bertz CT molecular complexity index is 1780.